The molecular formula is C18H22N6O3. The average Bonchev–Trinajstić information content (AvgIpc) is 3.14. The van der Waals surface area contributed by atoms with E-state index >= 15 is 0 Å². The van der Waals surface area contributed by atoms with Crippen LogP contribution in [-0.2, 0) is 18.3 Å². The highest BCUT2D eigenvalue weighted by molar-refractivity contribution is 6.19. The standard InChI is InChI=1S/C18H22N6O3/c1-22-12-16(25)24(18(22)27)15-7-3-6-14(9-15)21-17(26)19-8-4-5-13-10-20-23(2)11-13/h3,6-7,9-11H,4-5,8,12H2,1-2H3,(H2,19,21,26). The Kier molecular flexibility index (Phi) is 5.39. The molecule has 0 spiro atoms. The van der Waals surface area contributed by atoms with Gasteiger partial charge in [-0.15, -0.1) is 0 Å². The van der Waals surface area contributed by atoms with Gasteiger partial charge >= 0.3 is 12.1 Å². The fraction of sp³-hybridized carbons (Fsp3) is 0.333. The number of rotatable bonds is 6. The van der Waals surface area contributed by atoms with Crippen molar-refractivity contribution in [2.75, 3.05) is 30.4 Å². The fourth-order valence-corrected chi connectivity index (χ4v) is 2.87. The van der Waals surface area contributed by atoms with Crippen LogP contribution in [0.25, 0.3) is 0 Å². The number of aryl methyl sites for hydroxylation is 2. The number of amides is 5. The number of anilines is 2. The lowest BCUT2D eigenvalue weighted by molar-refractivity contribution is -0.116. The highest BCUT2D eigenvalue weighted by atomic mass is 16.2. The van der Waals surface area contributed by atoms with Gasteiger partial charge in [-0.05, 0) is 36.6 Å². The molecule has 2 N–H and O–H groups in total. The van der Waals surface area contributed by atoms with Gasteiger partial charge in [0, 0.05) is 32.5 Å². The Morgan fingerprint density at radius 1 is 1.26 bits per heavy atom. The predicted molar refractivity (Wildman–Crippen MR) is 101 cm³/mol. The second-order valence-electron chi connectivity index (χ2n) is 6.42. The molecule has 1 saturated heterocycles. The quantitative estimate of drug-likeness (QED) is 0.595. The highest BCUT2D eigenvalue weighted by Crippen LogP contribution is 2.23. The molecular weight excluding hydrogens is 348 g/mol. The number of imide groups is 1. The Morgan fingerprint density at radius 2 is 2.07 bits per heavy atom. The summed E-state index contributed by atoms with van der Waals surface area (Å²) >= 11 is 0. The van der Waals surface area contributed by atoms with Gasteiger partial charge in [0.2, 0.25) is 0 Å². The summed E-state index contributed by atoms with van der Waals surface area (Å²) in [5.74, 6) is -0.292. The minimum absolute atomic E-state index is 0.0495. The Bertz CT molecular complexity index is 862. The topological polar surface area (TPSA) is 99.6 Å². The van der Waals surface area contributed by atoms with E-state index < -0.39 is 0 Å². The molecule has 2 heterocycles. The van der Waals surface area contributed by atoms with Crippen molar-refractivity contribution in [1.29, 1.82) is 0 Å². The van der Waals surface area contributed by atoms with Crippen LogP contribution in [0.4, 0.5) is 21.0 Å². The van der Waals surface area contributed by atoms with E-state index in [0.29, 0.717) is 17.9 Å². The van der Waals surface area contributed by atoms with Crippen molar-refractivity contribution in [2.24, 2.45) is 7.05 Å². The Morgan fingerprint density at radius 3 is 2.74 bits per heavy atom. The van der Waals surface area contributed by atoms with E-state index in [1.807, 2.05) is 19.4 Å². The molecule has 5 amide bonds. The summed E-state index contributed by atoms with van der Waals surface area (Å²) in [6.07, 6.45) is 5.38. The van der Waals surface area contributed by atoms with Crippen LogP contribution in [0.3, 0.4) is 0 Å². The number of urea groups is 2. The van der Waals surface area contributed by atoms with Crippen molar-refractivity contribution < 1.29 is 14.4 Å². The summed E-state index contributed by atoms with van der Waals surface area (Å²) in [5, 5.41) is 9.61. The van der Waals surface area contributed by atoms with E-state index in [2.05, 4.69) is 15.7 Å². The summed E-state index contributed by atoms with van der Waals surface area (Å²) in [7, 11) is 3.44. The van der Waals surface area contributed by atoms with Gasteiger partial charge in [-0.1, -0.05) is 6.07 Å². The van der Waals surface area contributed by atoms with Crippen molar-refractivity contribution in [1.82, 2.24) is 20.0 Å². The number of hydrogen-bond acceptors (Lipinski definition) is 4. The first kappa shape index (κ1) is 18.4. The largest absolute Gasteiger partial charge is 0.338 e. The van der Waals surface area contributed by atoms with Crippen molar-refractivity contribution >= 4 is 29.3 Å². The van der Waals surface area contributed by atoms with Crippen molar-refractivity contribution in [3.8, 4) is 0 Å². The number of benzene rings is 1. The molecule has 0 atom stereocenters. The van der Waals surface area contributed by atoms with E-state index in [4.69, 9.17) is 0 Å². The van der Waals surface area contributed by atoms with Gasteiger partial charge in [-0.2, -0.15) is 5.10 Å². The van der Waals surface area contributed by atoms with E-state index in [-0.39, 0.29) is 24.5 Å². The first-order valence-electron chi connectivity index (χ1n) is 8.64. The molecule has 9 heteroatoms. The van der Waals surface area contributed by atoms with Crippen molar-refractivity contribution in [2.45, 2.75) is 12.8 Å². The summed E-state index contributed by atoms with van der Waals surface area (Å²) in [6.45, 7) is 0.572. The number of carbonyl (C=O) groups is 3. The molecule has 9 nitrogen and oxygen atoms in total. The maximum absolute atomic E-state index is 12.1. The molecule has 1 aliphatic rings. The van der Waals surface area contributed by atoms with Crippen LogP contribution in [-0.4, -0.2) is 52.8 Å². The summed E-state index contributed by atoms with van der Waals surface area (Å²) in [4.78, 5) is 38.5. The minimum atomic E-state index is -0.378. The van der Waals surface area contributed by atoms with Crippen LogP contribution in [0.1, 0.15) is 12.0 Å². The van der Waals surface area contributed by atoms with Gasteiger partial charge in [0.15, 0.2) is 0 Å². The lowest BCUT2D eigenvalue weighted by Crippen LogP contribution is -2.32. The fourth-order valence-electron chi connectivity index (χ4n) is 2.87. The Labute approximate surface area is 156 Å². The van der Waals surface area contributed by atoms with Crippen LogP contribution in [0.15, 0.2) is 36.7 Å². The predicted octanol–water partition coefficient (Wildman–Crippen LogP) is 1.57. The molecule has 2 aromatic rings. The number of likely N-dealkylation sites (N-methyl/N-ethyl adjacent to an activating group) is 1. The van der Waals surface area contributed by atoms with Crippen LogP contribution >= 0.6 is 0 Å². The molecule has 3 rings (SSSR count). The number of nitrogens with one attached hydrogen (secondary N) is 2. The summed E-state index contributed by atoms with van der Waals surface area (Å²) in [5.41, 5.74) is 2.06. The van der Waals surface area contributed by atoms with Crippen LogP contribution in [0.5, 0.6) is 0 Å². The number of aromatic nitrogens is 2. The zero-order valence-electron chi connectivity index (χ0n) is 15.3. The van der Waals surface area contributed by atoms with Gasteiger partial charge in [-0.3, -0.25) is 9.48 Å². The van der Waals surface area contributed by atoms with E-state index in [9.17, 15) is 14.4 Å². The first-order valence-corrected chi connectivity index (χ1v) is 8.64. The first-order chi connectivity index (χ1) is 12.9. The van der Waals surface area contributed by atoms with Gasteiger partial charge in [0.25, 0.3) is 5.91 Å². The SMILES string of the molecule is CN1CC(=O)N(c2cccc(NC(=O)NCCCc3cnn(C)c3)c2)C1=O. The molecule has 0 aliphatic carbocycles. The molecule has 1 fully saturated rings. The zero-order chi connectivity index (χ0) is 19.4. The molecule has 27 heavy (non-hydrogen) atoms. The van der Waals surface area contributed by atoms with Crippen LogP contribution in [0, 0.1) is 0 Å². The third-order valence-corrected chi connectivity index (χ3v) is 4.19. The normalized spacial score (nSPS) is 14.0. The van der Waals surface area contributed by atoms with E-state index in [1.165, 1.54) is 4.90 Å². The third kappa shape index (κ3) is 4.43. The Balaban J connectivity index is 1.51. The number of hydrogen-bond donors (Lipinski definition) is 2. The number of nitrogens with zero attached hydrogens (tertiary/aromatic N) is 4. The minimum Gasteiger partial charge on any atom is -0.338 e. The van der Waals surface area contributed by atoms with Gasteiger partial charge < -0.3 is 15.5 Å². The summed E-state index contributed by atoms with van der Waals surface area (Å²) in [6, 6.07) is 5.93. The van der Waals surface area contributed by atoms with Gasteiger partial charge in [0.05, 0.1) is 11.9 Å². The lowest BCUT2D eigenvalue weighted by Gasteiger charge is -2.15. The van der Waals surface area contributed by atoms with Crippen molar-refractivity contribution in [3.63, 3.8) is 0 Å². The molecule has 1 aromatic heterocycles. The molecule has 1 aliphatic heterocycles. The lowest BCUT2D eigenvalue weighted by atomic mass is 10.2. The molecule has 142 valence electrons. The molecule has 1 aromatic carbocycles. The van der Waals surface area contributed by atoms with Crippen LogP contribution in [0.2, 0.25) is 0 Å². The molecule has 0 bridgehead atoms. The van der Waals surface area contributed by atoms with E-state index in [0.717, 1.165) is 23.3 Å². The number of carbonyl (C=O) groups excluding carboxylic acids is 3. The van der Waals surface area contributed by atoms with Gasteiger partial charge in [-0.25, -0.2) is 14.5 Å². The highest BCUT2D eigenvalue weighted by Gasteiger charge is 2.34. The maximum atomic E-state index is 12.1. The second-order valence-corrected chi connectivity index (χ2v) is 6.42. The average molecular weight is 370 g/mol. The molecule has 0 saturated carbocycles. The maximum Gasteiger partial charge on any atom is 0.331 e. The molecule has 0 unspecified atom stereocenters. The monoisotopic (exact) mass is 370 g/mol. The molecule has 0 radical (unpaired) electrons. The Hall–Kier alpha value is -3.36. The zero-order valence-corrected chi connectivity index (χ0v) is 15.3. The second kappa shape index (κ2) is 7.90. The third-order valence-electron chi connectivity index (χ3n) is 4.19. The smallest absolute Gasteiger partial charge is 0.331 e. The van der Waals surface area contributed by atoms with Gasteiger partial charge in [0.1, 0.15) is 6.54 Å². The summed E-state index contributed by atoms with van der Waals surface area (Å²) < 4.78 is 1.75. The van der Waals surface area contributed by atoms with E-state index in [1.54, 1.807) is 36.0 Å². The van der Waals surface area contributed by atoms with Crippen LogP contribution < -0.4 is 15.5 Å². The van der Waals surface area contributed by atoms with Crippen molar-refractivity contribution in [3.05, 3.63) is 42.2 Å².